The third-order valence-corrected chi connectivity index (χ3v) is 2.62. The zero-order valence-corrected chi connectivity index (χ0v) is 11.7. The Hall–Kier alpha value is -1.06. The van der Waals surface area contributed by atoms with Crippen LogP contribution in [0.2, 0.25) is 0 Å². The van der Waals surface area contributed by atoms with Crippen LogP contribution >= 0.6 is 0 Å². The Bertz CT molecular complexity index is 252. The van der Waals surface area contributed by atoms with Gasteiger partial charge in [0.15, 0.2) is 0 Å². The minimum atomic E-state index is -0.458. The molecule has 0 aliphatic heterocycles. The highest BCUT2D eigenvalue weighted by molar-refractivity contribution is 5.86. The molecule has 0 saturated heterocycles. The molecule has 2 amide bonds. The second-order valence-corrected chi connectivity index (χ2v) is 5.16. The molecular weight excluding hydrogens is 216 g/mol. The molecule has 4 nitrogen and oxygen atoms in total. The lowest BCUT2D eigenvalue weighted by Gasteiger charge is -2.18. The smallest absolute Gasteiger partial charge is 0.242 e. The SMILES string of the molecule is CC(=O)NC(C)C(=O)NC(C)CCCC(C)C. The maximum atomic E-state index is 11.7. The van der Waals surface area contributed by atoms with E-state index in [1.165, 1.54) is 13.3 Å². The van der Waals surface area contributed by atoms with Crippen LogP contribution in [-0.2, 0) is 9.59 Å². The lowest BCUT2D eigenvalue weighted by molar-refractivity contribution is -0.128. The van der Waals surface area contributed by atoms with Crippen molar-refractivity contribution in [3.8, 4) is 0 Å². The summed E-state index contributed by atoms with van der Waals surface area (Å²) < 4.78 is 0. The molecule has 0 aliphatic rings. The molecular formula is C13H26N2O2. The first-order valence-corrected chi connectivity index (χ1v) is 6.40. The molecule has 0 aromatic carbocycles. The average molecular weight is 242 g/mol. The molecule has 2 unspecified atom stereocenters. The van der Waals surface area contributed by atoms with E-state index in [1.54, 1.807) is 6.92 Å². The van der Waals surface area contributed by atoms with Crippen molar-refractivity contribution >= 4 is 11.8 Å². The highest BCUT2D eigenvalue weighted by Gasteiger charge is 2.15. The van der Waals surface area contributed by atoms with E-state index in [-0.39, 0.29) is 17.9 Å². The van der Waals surface area contributed by atoms with Gasteiger partial charge in [0.25, 0.3) is 0 Å². The highest BCUT2D eigenvalue weighted by atomic mass is 16.2. The fourth-order valence-corrected chi connectivity index (χ4v) is 1.64. The van der Waals surface area contributed by atoms with Crippen LogP contribution in [0.15, 0.2) is 0 Å². The number of hydrogen-bond acceptors (Lipinski definition) is 2. The van der Waals surface area contributed by atoms with E-state index >= 15 is 0 Å². The largest absolute Gasteiger partial charge is 0.352 e. The normalized spacial score (nSPS) is 14.2. The summed E-state index contributed by atoms with van der Waals surface area (Å²) in [7, 11) is 0. The predicted molar refractivity (Wildman–Crippen MR) is 69.6 cm³/mol. The van der Waals surface area contributed by atoms with E-state index in [2.05, 4.69) is 24.5 Å². The van der Waals surface area contributed by atoms with Crippen molar-refractivity contribution in [3.63, 3.8) is 0 Å². The van der Waals surface area contributed by atoms with E-state index in [0.717, 1.165) is 12.8 Å². The molecule has 0 heterocycles. The summed E-state index contributed by atoms with van der Waals surface area (Å²) in [6, 6.07) is -0.294. The van der Waals surface area contributed by atoms with Gasteiger partial charge in [0.1, 0.15) is 6.04 Å². The molecule has 2 N–H and O–H groups in total. The van der Waals surface area contributed by atoms with Crippen LogP contribution in [0.1, 0.15) is 53.9 Å². The van der Waals surface area contributed by atoms with Gasteiger partial charge in [0, 0.05) is 13.0 Å². The Balaban J connectivity index is 3.82. The van der Waals surface area contributed by atoms with Crippen LogP contribution in [0.25, 0.3) is 0 Å². The van der Waals surface area contributed by atoms with Crippen molar-refractivity contribution in [2.45, 2.75) is 66.0 Å². The molecule has 0 aliphatic carbocycles. The van der Waals surface area contributed by atoms with Crippen LogP contribution in [0.5, 0.6) is 0 Å². The van der Waals surface area contributed by atoms with E-state index in [0.29, 0.717) is 5.92 Å². The summed E-state index contributed by atoms with van der Waals surface area (Å²) in [4.78, 5) is 22.5. The predicted octanol–water partition coefficient (Wildman–Crippen LogP) is 1.84. The Morgan fingerprint density at radius 2 is 1.59 bits per heavy atom. The van der Waals surface area contributed by atoms with Gasteiger partial charge in [-0.1, -0.05) is 26.7 Å². The Morgan fingerprint density at radius 3 is 2.06 bits per heavy atom. The van der Waals surface area contributed by atoms with Crippen LogP contribution in [0.3, 0.4) is 0 Å². The molecule has 0 bridgehead atoms. The summed E-state index contributed by atoms with van der Waals surface area (Å²) in [5.74, 6) is 0.411. The number of carbonyl (C=O) groups is 2. The van der Waals surface area contributed by atoms with E-state index in [4.69, 9.17) is 0 Å². The van der Waals surface area contributed by atoms with Gasteiger partial charge < -0.3 is 10.6 Å². The van der Waals surface area contributed by atoms with E-state index in [9.17, 15) is 9.59 Å². The molecule has 4 heteroatoms. The van der Waals surface area contributed by atoms with Gasteiger partial charge in [0.05, 0.1) is 0 Å². The second kappa shape index (κ2) is 8.09. The quantitative estimate of drug-likeness (QED) is 0.715. The third kappa shape index (κ3) is 8.72. The molecule has 0 fully saturated rings. The first kappa shape index (κ1) is 15.9. The highest BCUT2D eigenvalue weighted by Crippen LogP contribution is 2.08. The topological polar surface area (TPSA) is 58.2 Å². The summed E-state index contributed by atoms with van der Waals surface area (Å²) in [6.45, 7) is 9.50. The maximum Gasteiger partial charge on any atom is 0.242 e. The fraction of sp³-hybridized carbons (Fsp3) is 0.846. The fourth-order valence-electron chi connectivity index (χ4n) is 1.64. The van der Waals surface area contributed by atoms with Crippen LogP contribution in [0.4, 0.5) is 0 Å². The molecule has 0 radical (unpaired) electrons. The summed E-state index contributed by atoms with van der Waals surface area (Å²) in [6.07, 6.45) is 3.28. The minimum Gasteiger partial charge on any atom is -0.352 e. The van der Waals surface area contributed by atoms with Crippen LogP contribution < -0.4 is 10.6 Å². The molecule has 0 spiro atoms. The van der Waals surface area contributed by atoms with Crippen molar-refractivity contribution in [2.75, 3.05) is 0 Å². The molecule has 0 rings (SSSR count). The molecule has 0 aromatic rings. The third-order valence-electron chi connectivity index (χ3n) is 2.62. The van der Waals surface area contributed by atoms with Crippen molar-refractivity contribution in [1.29, 1.82) is 0 Å². The number of nitrogens with one attached hydrogen (secondary N) is 2. The summed E-state index contributed by atoms with van der Waals surface area (Å²) in [5.41, 5.74) is 0. The lowest BCUT2D eigenvalue weighted by atomic mass is 10.0. The number of hydrogen-bond donors (Lipinski definition) is 2. The Labute approximate surface area is 105 Å². The van der Waals surface area contributed by atoms with Crippen molar-refractivity contribution in [2.24, 2.45) is 5.92 Å². The van der Waals surface area contributed by atoms with Crippen LogP contribution in [-0.4, -0.2) is 23.9 Å². The number of amides is 2. The minimum absolute atomic E-state index is 0.114. The Kier molecular flexibility index (Phi) is 7.59. The molecule has 0 aromatic heterocycles. The summed E-state index contributed by atoms with van der Waals surface area (Å²) >= 11 is 0. The Morgan fingerprint density at radius 1 is 1.00 bits per heavy atom. The van der Waals surface area contributed by atoms with Crippen molar-refractivity contribution < 1.29 is 9.59 Å². The van der Waals surface area contributed by atoms with Gasteiger partial charge in [-0.25, -0.2) is 0 Å². The van der Waals surface area contributed by atoms with Crippen LogP contribution in [0, 0.1) is 5.92 Å². The summed E-state index contributed by atoms with van der Waals surface area (Å²) in [5, 5.41) is 5.48. The van der Waals surface area contributed by atoms with Gasteiger partial charge >= 0.3 is 0 Å². The standard InChI is InChI=1S/C13H26N2O2/c1-9(2)7-6-8-10(3)14-13(17)11(4)15-12(5)16/h9-11H,6-8H2,1-5H3,(H,14,17)(H,15,16). The number of carbonyl (C=O) groups excluding carboxylic acids is 2. The molecule has 0 saturated carbocycles. The van der Waals surface area contributed by atoms with Gasteiger partial charge in [0.2, 0.25) is 11.8 Å². The first-order valence-electron chi connectivity index (χ1n) is 6.40. The van der Waals surface area contributed by atoms with Crippen molar-refractivity contribution in [1.82, 2.24) is 10.6 Å². The first-order chi connectivity index (χ1) is 7.82. The average Bonchev–Trinajstić information content (AvgIpc) is 2.15. The van der Waals surface area contributed by atoms with Gasteiger partial charge in [-0.05, 0) is 26.2 Å². The van der Waals surface area contributed by atoms with Gasteiger partial charge in [-0.15, -0.1) is 0 Å². The van der Waals surface area contributed by atoms with Crippen molar-refractivity contribution in [3.05, 3.63) is 0 Å². The lowest BCUT2D eigenvalue weighted by Crippen LogP contribution is -2.46. The maximum absolute atomic E-state index is 11.7. The van der Waals surface area contributed by atoms with Gasteiger partial charge in [-0.3, -0.25) is 9.59 Å². The second-order valence-electron chi connectivity index (χ2n) is 5.16. The van der Waals surface area contributed by atoms with E-state index in [1.807, 2.05) is 6.92 Å². The molecule has 17 heavy (non-hydrogen) atoms. The van der Waals surface area contributed by atoms with Gasteiger partial charge in [-0.2, -0.15) is 0 Å². The zero-order valence-electron chi connectivity index (χ0n) is 11.7. The molecule has 100 valence electrons. The zero-order chi connectivity index (χ0) is 13.4. The molecule has 2 atom stereocenters. The monoisotopic (exact) mass is 242 g/mol. The van der Waals surface area contributed by atoms with E-state index < -0.39 is 6.04 Å². The number of rotatable bonds is 7.